The van der Waals surface area contributed by atoms with E-state index in [-0.39, 0.29) is 22.4 Å². The zero-order valence-electron chi connectivity index (χ0n) is 11.7. The molecule has 0 aliphatic rings. The van der Waals surface area contributed by atoms with Crippen molar-refractivity contribution >= 4 is 28.7 Å². The summed E-state index contributed by atoms with van der Waals surface area (Å²) in [5.41, 5.74) is 5.41. The average Bonchev–Trinajstić information content (AvgIpc) is 2.86. The van der Waals surface area contributed by atoms with E-state index in [2.05, 4.69) is 5.32 Å². The van der Waals surface area contributed by atoms with Gasteiger partial charge in [-0.2, -0.15) is 0 Å². The number of fused-ring (bicyclic) bond motifs is 1. The minimum Gasteiger partial charge on any atom is -0.449 e. The molecule has 2 aromatic carbocycles. The van der Waals surface area contributed by atoms with Crippen LogP contribution >= 0.6 is 0 Å². The number of furan rings is 1. The Morgan fingerprint density at radius 3 is 2.57 bits per heavy atom. The Morgan fingerprint density at radius 1 is 1.13 bits per heavy atom. The number of halogens is 1. The molecule has 0 aliphatic heterocycles. The van der Waals surface area contributed by atoms with E-state index >= 15 is 0 Å². The second kappa shape index (κ2) is 5.80. The van der Waals surface area contributed by atoms with Crippen molar-refractivity contribution in [2.75, 3.05) is 5.32 Å². The third-order valence-corrected chi connectivity index (χ3v) is 3.05. The number of rotatable bonds is 3. The number of hydrogen-bond acceptors (Lipinski definition) is 4. The largest absolute Gasteiger partial charge is 0.449 e. The number of anilines is 1. The van der Waals surface area contributed by atoms with E-state index < -0.39 is 17.8 Å². The first-order valence-corrected chi connectivity index (χ1v) is 6.60. The molecule has 0 radical (unpaired) electrons. The summed E-state index contributed by atoms with van der Waals surface area (Å²) in [5.74, 6) is -1.41. The molecule has 0 saturated heterocycles. The average molecular weight is 314 g/mol. The quantitative estimate of drug-likeness (QED) is 0.775. The number of para-hydroxylation sites is 1. The molecule has 7 heteroatoms. The topological polar surface area (TPSA) is 94.6 Å². The summed E-state index contributed by atoms with van der Waals surface area (Å²) >= 11 is 0. The van der Waals surface area contributed by atoms with Crippen LogP contribution in [0.1, 0.15) is 10.6 Å². The van der Waals surface area contributed by atoms with Gasteiger partial charge in [-0.25, -0.2) is 9.18 Å². The lowest BCUT2D eigenvalue weighted by Crippen LogP contribution is -2.19. The van der Waals surface area contributed by atoms with E-state index in [4.69, 9.17) is 14.9 Å². The summed E-state index contributed by atoms with van der Waals surface area (Å²) in [4.78, 5) is 23.4. The first kappa shape index (κ1) is 14.6. The van der Waals surface area contributed by atoms with Crippen LogP contribution < -0.4 is 15.8 Å². The molecule has 6 nitrogen and oxygen atoms in total. The second-order valence-electron chi connectivity index (χ2n) is 4.64. The normalized spacial score (nSPS) is 10.5. The minimum absolute atomic E-state index is 0.0343. The van der Waals surface area contributed by atoms with Crippen LogP contribution in [0, 0.1) is 5.82 Å². The third kappa shape index (κ3) is 2.98. The number of primary amides is 1. The van der Waals surface area contributed by atoms with Gasteiger partial charge < -0.3 is 14.9 Å². The maximum atomic E-state index is 13.4. The van der Waals surface area contributed by atoms with E-state index in [9.17, 15) is 14.0 Å². The van der Waals surface area contributed by atoms with Crippen molar-refractivity contribution in [3.8, 4) is 5.75 Å². The van der Waals surface area contributed by atoms with Crippen LogP contribution in [0.4, 0.5) is 14.9 Å². The van der Waals surface area contributed by atoms with Crippen molar-refractivity contribution in [2.45, 2.75) is 0 Å². The summed E-state index contributed by atoms with van der Waals surface area (Å²) in [6.45, 7) is 0. The Morgan fingerprint density at radius 2 is 1.87 bits per heavy atom. The van der Waals surface area contributed by atoms with Gasteiger partial charge in [0, 0.05) is 5.39 Å². The second-order valence-corrected chi connectivity index (χ2v) is 4.64. The van der Waals surface area contributed by atoms with E-state index in [1.54, 1.807) is 30.3 Å². The van der Waals surface area contributed by atoms with Gasteiger partial charge in [-0.15, -0.1) is 0 Å². The summed E-state index contributed by atoms with van der Waals surface area (Å²) in [7, 11) is 0. The highest BCUT2D eigenvalue weighted by Crippen LogP contribution is 2.31. The Balaban J connectivity index is 1.94. The molecule has 116 valence electrons. The van der Waals surface area contributed by atoms with E-state index in [1.165, 1.54) is 12.1 Å². The fourth-order valence-electron chi connectivity index (χ4n) is 2.09. The lowest BCUT2D eigenvalue weighted by Gasteiger charge is -2.06. The van der Waals surface area contributed by atoms with Crippen molar-refractivity contribution in [1.29, 1.82) is 0 Å². The molecule has 3 aromatic rings. The molecule has 23 heavy (non-hydrogen) atoms. The van der Waals surface area contributed by atoms with Gasteiger partial charge in [-0.3, -0.25) is 10.1 Å². The van der Waals surface area contributed by atoms with Gasteiger partial charge in [-0.05, 0) is 30.3 Å². The predicted octanol–water partition coefficient (Wildman–Crippen LogP) is 3.28. The smallest absolute Gasteiger partial charge is 0.417 e. The molecule has 2 amide bonds. The molecular weight excluding hydrogens is 303 g/mol. The number of amides is 2. The van der Waals surface area contributed by atoms with Crippen molar-refractivity contribution in [1.82, 2.24) is 0 Å². The summed E-state index contributed by atoms with van der Waals surface area (Å²) in [6, 6.07) is 12.0. The standard InChI is InChI=1S/C16H11FN2O4/c17-9-6-7-12-11(8-9)13(14(23-12)15(18)20)19-16(21)22-10-4-2-1-3-5-10/h1-8H,(H2,18,20)(H,19,21). The molecule has 1 aromatic heterocycles. The number of benzene rings is 2. The highest BCUT2D eigenvalue weighted by Gasteiger charge is 2.21. The number of carbonyl (C=O) groups is 2. The van der Waals surface area contributed by atoms with E-state index in [0.717, 1.165) is 6.07 Å². The lowest BCUT2D eigenvalue weighted by molar-refractivity contribution is 0.0977. The van der Waals surface area contributed by atoms with Crippen molar-refractivity contribution in [3.63, 3.8) is 0 Å². The van der Waals surface area contributed by atoms with Gasteiger partial charge in [0.15, 0.2) is 0 Å². The van der Waals surface area contributed by atoms with Gasteiger partial charge >= 0.3 is 6.09 Å². The maximum Gasteiger partial charge on any atom is 0.417 e. The number of nitrogens with two attached hydrogens (primary N) is 1. The van der Waals surface area contributed by atoms with E-state index in [1.807, 2.05) is 0 Å². The molecule has 0 atom stereocenters. The molecule has 1 heterocycles. The number of nitrogens with one attached hydrogen (secondary N) is 1. The number of ether oxygens (including phenoxy) is 1. The fourth-order valence-corrected chi connectivity index (χ4v) is 2.09. The van der Waals surface area contributed by atoms with Crippen molar-refractivity contribution < 1.29 is 23.1 Å². The van der Waals surface area contributed by atoms with Crippen LogP contribution in [0.5, 0.6) is 5.75 Å². The summed E-state index contributed by atoms with van der Waals surface area (Å²) in [6.07, 6.45) is -0.856. The first-order valence-electron chi connectivity index (χ1n) is 6.60. The molecule has 0 bridgehead atoms. The van der Waals surface area contributed by atoms with Gasteiger partial charge in [0.2, 0.25) is 5.76 Å². The molecule has 0 unspecified atom stereocenters. The molecule has 0 fully saturated rings. The van der Waals surface area contributed by atoms with Gasteiger partial charge in [0.05, 0.1) is 0 Å². The van der Waals surface area contributed by atoms with Crippen LogP contribution in [-0.2, 0) is 0 Å². The number of carbonyl (C=O) groups excluding carboxylic acids is 2. The summed E-state index contributed by atoms with van der Waals surface area (Å²) < 4.78 is 23.7. The van der Waals surface area contributed by atoms with Crippen LogP contribution in [0.25, 0.3) is 11.0 Å². The maximum absolute atomic E-state index is 13.4. The van der Waals surface area contributed by atoms with Crippen LogP contribution in [-0.4, -0.2) is 12.0 Å². The summed E-state index contributed by atoms with van der Waals surface area (Å²) in [5, 5.41) is 2.58. The fraction of sp³-hybridized carbons (Fsp3) is 0. The minimum atomic E-state index is -0.892. The van der Waals surface area contributed by atoms with Gasteiger partial charge in [0.25, 0.3) is 5.91 Å². The Bertz CT molecular complexity index is 890. The molecular formula is C16H11FN2O4. The van der Waals surface area contributed by atoms with Gasteiger partial charge in [-0.1, -0.05) is 18.2 Å². The number of hydrogen-bond donors (Lipinski definition) is 2. The molecule has 3 rings (SSSR count). The third-order valence-electron chi connectivity index (χ3n) is 3.05. The predicted molar refractivity (Wildman–Crippen MR) is 80.8 cm³/mol. The molecule has 0 aliphatic carbocycles. The van der Waals surface area contributed by atoms with Gasteiger partial charge in [0.1, 0.15) is 22.8 Å². The zero-order chi connectivity index (χ0) is 16.4. The zero-order valence-corrected chi connectivity index (χ0v) is 11.7. The first-order chi connectivity index (χ1) is 11.0. The SMILES string of the molecule is NC(=O)c1oc2ccc(F)cc2c1NC(=O)Oc1ccccc1. The molecule has 0 spiro atoms. The monoisotopic (exact) mass is 314 g/mol. The lowest BCUT2D eigenvalue weighted by atomic mass is 10.2. The Hall–Kier alpha value is -3.35. The Kier molecular flexibility index (Phi) is 3.68. The Labute approximate surface area is 129 Å². The highest BCUT2D eigenvalue weighted by atomic mass is 19.1. The van der Waals surface area contributed by atoms with Crippen LogP contribution in [0.2, 0.25) is 0 Å². The molecule has 0 saturated carbocycles. The van der Waals surface area contributed by atoms with Crippen LogP contribution in [0.15, 0.2) is 52.9 Å². The molecule has 3 N–H and O–H groups in total. The van der Waals surface area contributed by atoms with E-state index in [0.29, 0.717) is 5.75 Å². The highest BCUT2D eigenvalue weighted by molar-refractivity contribution is 6.09. The van der Waals surface area contributed by atoms with Crippen LogP contribution in [0.3, 0.4) is 0 Å². The van der Waals surface area contributed by atoms with Crippen molar-refractivity contribution in [2.24, 2.45) is 5.73 Å². The van der Waals surface area contributed by atoms with Crippen molar-refractivity contribution in [3.05, 3.63) is 60.1 Å².